The number of amides is 1. The van der Waals surface area contributed by atoms with Crippen LogP contribution in [0.4, 0.5) is 0 Å². The summed E-state index contributed by atoms with van der Waals surface area (Å²) in [6, 6.07) is 3.91. The van der Waals surface area contributed by atoms with Crippen molar-refractivity contribution in [3.63, 3.8) is 0 Å². The number of fused-ring (bicyclic) bond motifs is 1. The van der Waals surface area contributed by atoms with E-state index in [9.17, 15) is 9.59 Å². The number of rotatable bonds is 3. The largest absolute Gasteiger partial charge is 0.481 e. The molecular weight excluding hydrogens is 282 g/mol. The zero-order valence-corrected chi connectivity index (χ0v) is 11.7. The number of carbonyl (C=O) groups excluding carboxylic acids is 1. The molecule has 2 aromatic rings. The van der Waals surface area contributed by atoms with Gasteiger partial charge in [-0.1, -0.05) is 0 Å². The van der Waals surface area contributed by atoms with Crippen molar-refractivity contribution in [2.75, 3.05) is 0 Å². The van der Waals surface area contributed by atoms with Crippen LogP contribution in [0.3, 0.4) is 0 Å². The van der Waals surface area contributed by atoms with Gasteiger partial charge in [0, 0.05) is 15.4 Å². The summed E-state index contributed by atoms with van der Waals surface area (Å²) in [6.07, 6.45) is 1.95. The predicted octanol–water partition coefficient (Wildman–Crippen LogP) is 2.95. The van der Waals surface area contributed by atoms with Gasteiger partial charge in [-0.05, 0) is 36.8 Å². The van der Waals surface area contributed by atoms with Crippen LogP contribution in [0.15, 0.2) is 17.5 Å². The maximum atomic E-state index is 12.1. The van der Waals surface area contributed by atoms with Gasteiger partial charge in [0.05, 0.1) is 10.8 Å². The fourth-order valence-electron chi connectivity index (χ4n) is 2.47. The minimum absolute atomic E-state index is 0.00580. The van der Waals surface area contributed by atoms with Crippen LogP contribution in [0.25, 0.3) is 9.40 Å². The number of hydrogen-bond donors (Lipinski definition) is 2. The van der Waals surface area contributed by atoms with Gasteiger partial charge in [0.1, 0.15) is 0 Å². The standard InChI is InChI=1S/C13H13NO3S2/c15-12(11-6-10-9(19-11)3-4-18-10)14-8-2-1-7(5-8)13(16)17/h3-4,6-8H,1-2,5H2,(H,14,15)(H,16,17)/t7-,8+/m1/s1. The van der Waals surface area contributed by atoms with Gasteiger partial charge in [-0.15, -0.1) is 22.7 Å². The molecule has 2 aromatic heterocycles. The number of carbonyl (C=O) groups is 2. The van der Waals surface area contributed by atoms with Crippen LogP contribution in [0.1, 0.15) is 28.9 Å². The Morgan fingerprint density at radius 3 is 2.84 bits per heavy atom. The molecule has 1 saturated carbocycles. The van der Waals surface area contributed by atoms with Crippen molar-refractivity contribution in [1.29, 1.82) is 0 Å². The lowest BCUT2D eigenvalue weighted by atomic mass is 10.1. The van der Waals surface area contributed by atoms with E-state index in [-0.39, 0.29) is 17.9 Å². The van der Waals surface area contributed by atoms with E-state index in [2.05, 4.69) is 5.32 Å². The summed E-state index contributed by atoms with van der Waals surface area (Å²) in [4.78, 5) is 23.7. The quantitative estimate of drug-likeness (QED) is 0.915. The van der Waals surface area contributed by atoms with Crippen molar-refractivity contribution in [1.82, 2.24) is 5.32 Å². The van der Waals surface area contributed by atoms with Crippen LogP contribution >= 0.6 is 22.7 Å². The Balaban J connectivity index is 1.65. The Labute approximate surface area is 118 Å². The average molecular weight is 295 g/mol. The Morgan fingerprint density at radius 1 is 1.32 bits per heavy atom. The van der Waals surface area contributed by atoms with Gasteiger partial charge >= 0.3 is 5.97 Å². The first-order chi connectivity index (χ1) is 9.13. The van der Waals surface area contributed by atoms with Crippen LogP contribution in [-0.4, -0.2) is 23.0 Å². The molecule has 0 aromatic carbocycles. The summed E-state index contributed by atoms with van der Waals surface area (Å²) in [6.45, 7) is 0. The molecule has 0 bridgehead atoms. The Hall–Kier alpha value is -1.40. The predicted molar refractivity (Wildman–Crippen MR) is 75.9 cm³/mol. The third-order valence-electron chi connectivity index (χ3n) is 3.48. The highest BCUT2D eigenvalue weighted by molar-refractivity contribution is 7.27. The highest BCUT2D eigenvalue weighted by Gasteiger charge is 2.30. The van der Waals surface area contributed by atoms with Crippen molar-refractivity contribution in [2.45, 2.75) is 25.3 Å². The third-order valence-corrected chi connectivity index (χ3v) is 5.57. The van der Waals surface area contributed by atoms with Crippen molar-refractivity contribution in [3.05, 3.63) is 22.4 Å². The molecule has 1 aliphatic carbocycles. The van der Waals surface area contributed by atoms with E-state index in [0.29, 0.717) is 17.7 Å². The molecule has 0 unspecified atom stereocenters. The minimum atomic E-state index is -0.756. The Morgan fingerprint density at radius 2 is 2.16 bits per heavy atom. The molecular formula is C13H13NO3S2. The van der Waals surface area contributed by atoms with Gasteiger partial charge in [0.2, 0.25) is 0 Å². The molecule has 3 rings (SSSR count). The molecule has 4 nitrogen and oxygen atoms in total. The monoisotopic (exact) mass is 295 g/mol. The first kappa shape index (κ1) is 12.6. The third kappa shape index (κ3) is 2.50. The maximum absolute atomic E-state index is 12.1. The number of aliphatic carboxylic acids is 1. The van der Waals surface area contributed by atoms with E-state index >= 15 is 0 Å². The van der Waals surface area contributed by atoms with Gasteiger partial charge in [0.15, 0.2) is 0 Å². The summed E-state index contributed by atoms with van der Waals surface area (Å²) >= 11 is 3.11. The van der Waals surface area contributed by atoms with Gasteiger partial charge in [-0.3, -0.25) is 9.59 Å². The SMILES string of the molecule is O=C(N[C@H]1CC[C@@H](C(=O)O)C1)c1cc2sccc2s1. The Kier molecular flexibility index (Phi) is 3.28. The lowest BCUT2D eigenvalue weighted by Gasteiger charge is -2.11. The van der Waals surface area contributed by atoms with E-state index in [1.165, 1.54) is 11.3 Å². The van der Waals surface area contributed by atoms with Crippen molar-refractivity contribution in [2.24, 2.45) is 5.92 Å². The van der Waals surface area contributed by atoms with Gasteiger partial charge < -0.3 is 10.4 Å². The fraction of sp³-hybridized carbons (Fsp3) is 0.385. The van der Waals surface area contributed by atoms with Gasteiger partial charge in [0.25, 0.3) is 5.91 Å². The molecule has 1 fully saturated rings. The molecule has 0 aliphatic heterocycles. The van der Waals surface area contributed by atoms with Crippen molar-refractivity contribution < 1.29 is 14.7 Å². The van der Waals surface area contributed by atoms with Crippen molar-refractivity contribution in [3.8, 4) is 0 Å². The number of nitrogens with one attached hydrogen (secondary N) is 1. The number of carboxylic acids is 1. The number of carboxylic acid groups (broad SMARTS) is 1. The van der Waals surface area contributed by atoms with Gasteiger partial charge in [-0.2, -0.15) is 0 Å². The highest BCUT2D eigenvalue weighted by atomic mass is 32.1. The summed E-state index contributed by atoms with van der Waals surface area (Å²) in [7, 11) is 0. The van der Waals surface area contributed by atoms with E-state index in [0.717, 1.165) is 15.8 Å². The normalized spacial score (nSPS) is 22.7. The second kappa shape index (κ2) is 4.94. The number of hydrogen-bond acceptors (Lipinski definition) is 4. The topological polar surface area (TPSA) is 66.4 Å². The van der Waals surface area contributed by atoms with Crippen LogP contribution in [0.2, 0.25) is 0 Å². The molecule has 19 heavy (non-hydrogen) atoms. The summed E-state index contributed by atoms with van der Waals surface area (Å²) in [5.74, 6) is -1.14. The maximum Gasteiger partial charge on any atom is 0.306 e. The molecule has 6 heteroatoms. The average Bonchev–Trinajstić information content (AvgIpc) is 3.02. The minimum Gasteiger partial charge on any atom is -0.481 e. The van der Waals surface area contributed by atoms with E-state index in [1.54, 1.807) is 11.3 Å². The molecule has 2 N–H and O–H groups in total. The van der Waals surface area contributed by atoms with E-state index in [1.807, 2.05) is 17.5 Å². The summed E-state index contributed by atoms with van der Waals surface area (Å²) in [5.41, 5.74) is 0. The summed E-state index contributed by atoms with van der Waals surface area (Å²) in [5, 5.41) is 13.9. The molecule has 0 spiro atoms. The molecule has 2 heterocycles. The highest BCUT2D eigenvalue weighted by Crippen LogP contribution is 2.31. The smallest absolute Gasteiger partial charge is 0.306 e. The molecule has 1 amide bonds. The van der Waals surface area contributed by atoms with Crippen LogP contribution in [-0.2, 0) is 4.79 Å². The van der Waals surface area contributed by atoms with Crippen LogP contribution < -0.4 is 5.32 Å². The molecule has 0 radical (unpaired) electrons. The lowest BCUT2D eigenvalue weighted by Crippen LogP contribution is -2.32. The number of thiophene rings is 2. The Bertz CT molecular complexity index is 602. The van der Waals surface area contributed by atoms with Crippen molar-refractivity contribution >= 4 is 43.9 Å². The second-order valence-electron chi connectivity index (χ2n) is 4.78. The fourth-order valence-corrected chi connectivity index (χ4v) is 4.48. The van der Waals surface area contributed by atoms with Gasteiger partial charge in [-0.25, -0.2) is 0 Å². The second-order valence-corrected chi connectivity index (χ2v) is 6.81. The first-order valence-electron chi connectivity index (χ1n) is 6.14. The van der Waals surface area contributed by atoms with Crippen LogP contribution in [0.5, 0.6) is 0 Å². The summed E-state index contributed by atoms with van der Waals surface area (Å²) < 4.78 is 2.26. The zero-order valence-electron chi connectivity index (χ0n) is 10.1. The van der Waals surface area contributed by atoms with E-state index < -0.39 is 5.97 Å². The zero-order chi connectivity index (χ0) is 13.4. The molecule has 0 saturated heterocycles. The van der Waals surface area contributed by atoms with E-state index in [4.69, 9.17) is 5.11 Å². The van der Waals surface area contributed by atoms with Crippen LogP contribution in [0, 0.1) is 5.92 Å². The molecule has 100 valence electrons. The lowest BCUT2D eigenvalue weighted by molar-refractivity contribution is -0.141. The first-order valence-corrected chi connectivity index (χ1v) is 7.84. The molecule has 1 aliphatic rings. The molecule has 2 atom stereocenters.